The minimum Gasteiger partial charge on any atom is -0.333 e. The number of amides is 2. The number of hydrogen-bond donors (Lipinski definition) is 2. The second-order valence-electron chi connectivity index (χ2n) is 8.08. The fourth-order valence-corrected chi connectivity index (χ4v) is 5.03. The van der Waals surface area contributed by atoms with Crippen molar-refractivity contribution in [3.05, 3.63) is 70.2 Å². The second kappa shape index (κ2) is 9.37. The molecule has 33 heavy (non-hydrogen) atoms. The molecule has 6 nitrogen and oxygen atoms in total. The molecular formula is C25H21ClN4O2S. The van der Waals surface area contributed by atoms with Gasteiger partial charge in [0.2, 0.25) is 5.91 Å². The van der Waals surface area contributed by atoms with Crippen LogP contribution in [0.2, 0.25) is 5.02 Å². The van der Waals surface area contributed by atoms with E-state index >= 15 is 0 Å². The fourth-order valence-electron chi connectivity index (χ4n) is 4.04. The van der Waals surface area contributed by atoms with E-state index in [4.69, 9.17) is 11.6 Å². The summed E-state index contributed by atoms with van der Waals surface area (Å²) < 4.78 is 0. The number of halogens is 1. The summed E-state index contributed by atoms with van der Waals surface area (Å²) in [5.41, 5.74) is 3.04. The molecule has 0 unspecified atom stereocenters. The van der Waals surface area contributed by atoms with E-state index in [0.29, 0.717) is 26.5 Å². The van der Waals surface area contributed by atoms with Gasteiger partial charge in [-0.15, -0.1) is 0 Å². The highest BCUT2D eigenvalue weighted by Gasteiger charge is 2.24. The van der Waals surface area contributed by atoms with Crippen LogP contribution in [-0.4, -0.2) is 22.0 Å². The zero-order valence-corrected chi connectivity index (χ0v) is 19.2. The van der Waals surface area contributed by atoms with E-state index in [1.807, 2.05) is 36.4 Å². The van der Waals surface area contributed by atoms with Crippen molar-refractivity contribution in [2.75, 3.05) is 10.6 Å². The molecule has 166 valence electrons. The summed E-state index contributed by atoms with van der Waals surface area (Å²) in [7, 11) is 0. The first-order valence-electron chi connectivity index (χ1n) is 10.8. The Morgan fingerprint density at radius 2 is 1.97 bits per heavy atom. The summed E-state index contributed by atoms with van der Waals surface area (Å²) in [5.74, 6) is -0.196. The van der Waals surface area contributed by atoms with E-state index in [2.05, 4.69) is 20.6 Å². The number of rotatable bonds is 4. The van der Waals surface area contributed by atoms with Crippen LogP contribution in [0.15, 0.2) is 64.6 Å². The highest BCUT2D eigenvalue weighted by atomic mass is 35.5. The maximum Gasteiger partial charge on any atom is 0.286 e. The predicted octanol–water partition coefficient (Wildman–Crippen LogP) is 6.10. The number of carbonyl (C=O) groups excluding carboxylic acids is 2. The molecule has 0 spiro atoms. The van der Waals surface area contributed by atoms with Crippen molar-refractivity contribution in [1.29, 1.82) is 0 Å². The van der Waals surface area contributed by atoms with Gasteiger partial charge in [0.15, 0.2) is 5.17 Å². The molecule has 1 aliphatic heterocycles. The van der Waals surface area contributed by atoms with Gasteiger partial charge in [-0.2, -0.15) is 4.99 Å². The van der Waals surface area contributed by atoms with Gasteiger partial charge in [-0.3, -0.25) is 14.6 Å². The minimum absolute atomic E-state index is 0.0411. The summed E-state index contributed by atoms with van der Waals surface area (Å²) >= 11 is 7.60. The lowest BCUT2D eigenvalue weighted by Crippen LogP contribution is -2.20. The van der Waals surface area contributed by atoms with Crippen molar-refractivity contribution in [2.24, 2.45) is 10.9 Å². The number of hydrogen-bond acceptors (Lipinski definition) is 5. The first kappa shape index (κ1) is 21.7. The fraction of sp³-hybridized carbons (Fsp3) is 0.200. The number of anilines is 2. The molecule has 5 rings (SSSR count). The van der Waals surface area contributed by atoms with Gasteiger partial charge in [-0.05, 0) is 72.6 Å². The minimum atomic E-state index is -0.310. The molecule has 2 amide bonds. The third-order valence-electron chi connectivity index (χ3n) is 5.75. The van der Waals surface area contributed by atoms with Crippen LogP contribution in [0.5, 0.6) is 0 Å². The topological polar surface area (TPSA) is 83.5 Å². The van der Waals surface area contributed by atoms with Gasteiger partial charge < -0.3 is 10.6 Å². The SMILES string of the molecule is O=C1N=C(Nc2cc(NC(=O)C3CCCC3)ccc2Cl)SC1=Cc1ccc2ncccc2c1. The van der Waals surface area contributed by atoms with E-state index in [1.54, 1.807) is 24.4 Å². The Balaban J connectivity index is 1.29. The molecule has 2 aliphatic rings. The lowest BCUT2D eigenvalue weighted by molar-refractivity contribution is -0.119. The number of fused-ring (bicyclic) bond motifs is 1. The van der Waals surface area contributed by atoms with E-state index in [1.165, 1.54) is 11.8 Å². The monoisotopic (exact) mass is 476 g/mol. The molecule has 1 aromatic heterocycles. The van der Waals surface area contributed by atoms with Crippen molar-refractivity contribution in [2.45, 2.75) is 25.7 Å². The van der Waals surface area contributed by atoms with Crippen LogP contribution >= 0.6 is 23.4 Å². The van der Waals surface area contributed by atoms with Gasteiger partial charge in [-0.1, -0.05) is 36.6 Å². The Hall–Kier alpha value is -3.16. The zero-order chi connectivity index (χ0) is 22.8. The average Bonchev–Trinajstić information content (AvgIpc) is 3.46. The molecule has 1 saturated carbocycles. The van der Waals surface area contributed by atoms with E-state index < -0.39 is 0 Å². The second-order valence-corrected chi connectivity index (χ2v) is 9.52. The first-order chi connectivity index (χ1) is 16.0. The smallest absolute Gasteiger partial charge is 0.286 e. The van der Waals surface area contributed by atoms with Crippen molar-refractivity contribution < 1.29 is 9.59 Å². The number of thioether (sulfide) groups is 1. The van der Waals surface area contributed by atoms with Crippen molar-refractivity contribution in [1.82, 2.24) is 4.98 Å². The highest BCUT2D eigenvalue weighted by Crippen LogP contribution is 2.33. The van der Waals surface area contributed by atoms with Crippen LogP contribution in [0.4, 0.5) is 11.4 Å². The Labute approximate surface area is 200 Å². The molecule has 0 saturated heterocycles. The summed E-state index contributed by atoms with van der Waals surface area (Å²) in [6.45, 7) is 0. The van der Waals surface area contributed by atoms with Crippen molar-refractivity contribution in [3.63, 3.8) is 0 Å². The summed E-state index contributed by atoms with van der Waals surface area (Å²) in [6, 6.07) is 15.0. The van der Waals surface area contributed by atoms with Crippen molar-refractivity contribution in [3.8, 4) is 0 Å². The van der Waals surface area contributed by atoms with Crippen LogP contribution in [0.3, 0.4) is 0 Å². The van der Waals surface area contributed by atoms with Crippen LogP contribution < -0.4 is 10.6 Å². The molecule has 3 aromatic rings. The molecular weight excluding hydrogens is 456 g/mol. The molecule has 2 aromatic carbocycles. The standard InChI is InChI=1S/C25H21ClN4O2S/c26-19-9-8-18(28-23(31)16-4-1-2-5-16)14-21(19)29-25-30-24(32)22(33-25)13-15-7-10-20-17(12-15)6-3-11-27-20/h3,6-14,16H,1-2,4-5H2,(H,28,31)(H,29,30,32). The van der Waals surface area contributed by atoms with Crippen LogP contribution in [0.1, 0.15) is 31.2 Å². The Kier molecular flexibility index (Phi) is 6.15. The van der Waals surface area contributed by atoms with Crippen LogP contribution in [0, 0.1) is 5.92 Å². The number of nitrogens with one attached hydrogen (secondary N) is 2. The Morgan fingerprint density at radius 3 is 2.82 bits per heavy atom. The molecule has 2 heterocycles. The summed E-state index contributed by atoms with van der Waals surface area (Å²) in [5, 5.41) is 8.02. The van der Waals surface area contributed by atoms with Crippen LogP contribution in [0.25, 0.3) is 17.0 Å². The molecule has 0 bridgehead atoms. The molecule has 2 N–H and O–H groups in total. The third kappa shape index (κ3) is 4.94. The number of nitrogens with zero attached hydrogens (tertiary/aromatic N) is 2. The number of pyridine rings is 1. The maximum atomic E-state index is 12.5. The average molecular weight is 477 g/mol. The number of amidine groups is 1. The Morgan fingerprint density at radius 1 is 1.12 bits per heavy atom. The predicted molar refractivity (Wildman–Crippen MR) is 135 cm³/mol. The zero-order valence-electron chi connectivity index (χ0n) is 17.7. The first-order valence-corrected chi connectivity index (χ1v) is 12.0. The van der Waals surface area contributed by atoms with Crippen LogP contribution in [-0.2, 0) is 9.59 Å². The normalized spacial score (nSPS) is 17.5. The number of aliphatic imine (C=N–C) groups is 1. The molecule has 1 aliphatic carbocycles. The summed E-state index contributed by atoms with van der Waals surface area (Å²) in [4.78, 5) is 33.9. The number of benzene rings is 2. The van der Waals surface area contributed by atoms with Gasteiger partial charge in [0.1, 0.15) is 0 Å². The highest BCUT2D eigenvalue weighted by molar-refractivity contribution is 8.18. The van der Waals surface area contributed by atoms with Gasteiger partial charge in [0.25, 0.3) is 5.91 Å². The number of carbonyl (C=O) groups is 2. The van der Waals surface area contributed by atoms with E-state index in [0.717, 1.165) is 42.1 Å². The maximum absolute atomic E-state index is 12.5. The van der Waals surface area contributed by atoms with E-state index in [-0.39, 0.29) is 17.7 Å². The van der Waals surface area contributed by atoms with Gasteiger partial charge in [0, 0.05) is 23.2 Å². The number of aromatic nitrogens is 1. The largest absolute Gasteiger partial charge is 0.333 e. The van der Waals surface area contributed by atoms with Gasteiger partial charge >= 0.3 is 0 Å². The van der Waals surface area contributed by atoms with Gasteiger partial charge in [-0.25, -0.2) is 0 Å². The van der Waals surface area contributed by atoms with E-state index in [9.17, 15) is 9.59 Å². The molecule has 0 radical (unpaired) electrons. The summed E-state index contributed by atoms with van der Waals surface area (Å²) in [6.07, 6.45) is 7.64. The lowest BCUT2D eigenvalue weighted by Gasteiger charge is -2.13. The molecule has 0 atom stereocenters. The quantitative estimate of drug-likeness (QED) is 0.444. The van der Waals surface area contributed by atoms with Gasteiger partial charge in [0.05, 0.1) is 21.1 Å². The lowest BCUT2D eigenvalue weighted by atomic mass is 10.1. The molecule has 1 fully saturated rings. The molecule has 8 heteroatoms. The Bertz CT molecular complexity index is 1310. The third-order valence-corrected chi connectivity index (χ3v) is 6.98. The van der Waals surface area contributed by atoms with Crippen molar-refractivity contribution >= 4 is 68.7 Å².